The van der Waals surface area contributed by atoms with Crippen LogP contribution in [-0.4, -0.2) is 17.8 Å². The molecule has 3 atom stereocenters. The van der Waals surface area contributed by atoms with E-state index in [4.69, 9.17) is 0 Å². The average Bonchev–Trinajstić information content (AvgIpc) is 2.89. The molecule has 78 valence electrons. The van der Waals surface area contributed by atoms with Gasteiger partial charge in [-0.05, 0) is 24.0 Å². The summed E-state index contributed by atoms with van der Waals surface area (Å²) in [5.74, 6) is 1.80. The van der Waals surface area contributed by atoms with Crippen LogP contribution in [-0.2, 0) is 4.79 Å². The van der Waals surface area contributed by atoms with Crippen LogP contribution in [0.3, 0.4) is 0 Å². The summed E-state index contributed by atoms with van der Waals surface area (Å²) in [5.41, 5.74) is 1.04. The predicted molar refractivity (Wildman–Crippen MR) is 63.1 cm³/mol. The minimum atomic E-state index is 0.296. The molecule has 1 heterocycles. The lowest BCUT2D eigenvalue weighted by atomic mass is 10.2. The maximum atomic E-state index is 12.0. The van der Waals surface area contributed by atoms with Crippen molar-refractivity contribution in [3.63, 3.8) is 0 Å². The topological polar surface area (TPSA) is 20.3 Å². The summed E-state index contributed by atoms with van der Waals surface area (Å²) in [7, 11) is 0. The molecule has 1 aliphatic heterocycles. The first kappa shape index (κ1) is 9.40. The van der Waals surface area contributed by atoms with Crippen LogP contribution in [0.25, 0.3) is 0 Å². The van der Waals surface area contributed by atoms with Crippen LogP contribution in [0.1, 0.15) is 0 Å². The normalized spacial score (nSPS) is 33.0. The molecule has 1 saturated heterocycles. The molecule has 2 fully saturated rings. The van der Waals surface area contributed by atoms with Crippen molar-refractivity contribution in [1.29, 1.82) is 0 Å². The van der Waals surface area contributed by atoms with E-state index < -0.39 is 0 Å². The van der Waals surface area contributed by atoms with Crippen LogP contribution in [0.5, 0.6) is 0 Å². The van der Waals surface area contributed by atoms with Crippen molar-refractivity contribution in [2.75, 3.05) is 16.8 Å². The Morgan fingerprint density at radius 1 is 1.33 bits per heavy atom. The van der Waals surface area contributed by atoms with Crippen LogP contribution in [0.15, 0.2) is 30.3 Å². The molecule has 1 aliphatic carbocycles. The minimum Gasteiger partial charge on any atom is -0.312 e. The fourth-order valence-electron chi connectivity index (χ4n) is 2.59. The van der Waals surface area contributed by atoms with Gasteiger partial charge in [-0.3, -0.25) is 4.79 Å². The summed E-state index contributed by atoms with van der Waals surface area (Å²) in [6, 6.07) is 9.95. The number of piperidine rings is 1. The van der Waals surface area contributed by atoms with Gasteiger partial charge in [0.1, 0.15) is 0 Å². The van der Waals surface area contributed by atoms with Gasteiger partial charge in [-0.15, -0.1) is 0 Å². The third-order valence-electron chi connectivity index (χ3n) is 3.52. The molecule has 0 N–H and O–H groups in total. The van der Waals surface area contributed by atoms with E-state index in [-0.39, 0.29) is 0 Å². The van der Waals surface area contributed by atoms with Crippen LogP contribution in [0.4, 0.5) is 5.69 Å². The van der Waals surface area contributed by atoms with E-state index in [0.29, 0.717) is 23.7 Å². The Morgan fingerprint density at radius 2 is 2.07 bits per heavy atom. The number of hydrogen-bond acceptors (Lipinski definition) is 1. The number of amides is 1. The minimum absolute atomic E-state index is 0.296. The summed E-state index contributed by atoms with van der Waals surface area (Å²) in [5, 5.41) is 0.969. The van der Waals surface area contributed by atoms with Crippen molar-refractivity contribution in [2.24, 2.45) is 17.8 Å². The number of para-hydroxylation sites is 1. The number of carbonyl (C=O) groups is 1. The Balaban J connectivity index is 1.81. The fraction of sp³-hybridized carbons (Fsp3) is 0.417. The molecule has 0 spiro atoms. The molecule has 0 bridgehead atoms. The third-order valence-corrected chi connectivity index (χ3v) is 4.27. The molecular formula is C12H12BrNO. The van der Waals surface area contributed by atoms with Crippen molar-refractivity contribution in [2.45, 2.75) is 0 Å². The standard InChI is InChI=1S/C12H12BrNO/c13-6-9-10-7-14(12(15)11(9)10)8-4-2-1-3-5-8/h1-5,9-11H,6-7H2/t9-,10-,11+/m0/s1. The first-order valence-electron chi connectivity index (χ1n) is 5.25. The van der Waals surface area contributed by atoms with Gasteiger partial charge in [-0.1, -0.05) is 34.1 Å². The molecule has 1 aromatic carbocycles. The summed E-state index contributed by atoms with van der Waals surface area (Å²) < 4.78 is 0. The van der Waals surface area contributed by atoms with Crippen molar-refractivity contribution in [3.8, 4) is 0 Å². The van der Waals surface area contributed by atoms with E-state index in [0.717, 1.165) is 17.6 Å². The highest BCUT2D eigenvalue weighted by molar-refractivity contribution is 9.09. The highest BCUT2D eigenvalue weighted by atomic mass is 79.9. The lowest BCUT2D eigenvalue weighted by Gasteiger charge is -2.19. The van der Waals surface area contributed by atoms with Gasteiger partial charge in [-0.25, -0.2) is 0 Å². The molecule has 1 saturated carbocycles. The van der Waals surface area contributed by atoms with E-state index >= 15 is 0 Å². The lowest BCUT2D eigenvalue weighted by molar-refractivity contribution is -0.119. The van der Waals surface area contributed by atoms with Crippen molar-refractivity contribution in [3.05, 3.63) is 30.3 Å². The number of benzene rings is 1. The van der Waals surface area contributed by atoms with Gasteiger partial charge in [-0.2, -0.15) is 0 Å². The van der Waals surface area contributed by atoms with Gasteiger partial charge in [0.25, 0.3) is 0 Å². The van der Waals surface area contributed by atoms with E-state index in [9.17, 15) is 4.79 Å². The Kier molecular flexibility index (Phi) is 2.09. The number of carbonyl (C=O) groups excluding carboxylic acids is 1. The van der Waals surface area contributed by atoms with Crippen LogP contribution >= 0.6 is 15.9 Å². The molecule has 2 nitrogen and oxygen atoms in total. The SMILES string of the molecule is O=C1[C@@H]2[C@@H](CBr)[C@@H]2CN1c1ccccc1. The van der Waals surface area contributed by atoms with E-state index in [2.05, 4.69) is 15.9 Å². The average molecular weight is 266 g/mol. The number of hydrogen-bond donors (Lipinski definition) is 0. The third kappa shape index (κ3) is 1.33. The second-order valence-corrected chi connectivity index (χ2v) is 4.94. The summed E-state index contributed by atoms with van der Waals surface area (Å²) >= 11 is 3.46. The highest BCUT2D eigenvalue weighted by Gasteiger charge is 2.60. The molecule has 2 aliphatic rings. The molecule has 0 radical (unpaired) electrons. The molecule has 0 aromatic heterocycles. The Hall–Kier alpha value is -0.830. The van der Waals surface area contributed by atoms with Gasteiger partial charge in [0, 0.05) is 23.5 Å². The van der Waals surface area contributed by atoms with E-state index in [1.54, 1.807) is 0 Å². The van der Waals surface area contributed by atoms with Crippen LogP contribution in [0, 0.1) is 17.8 Å². The van der Waals surface area contributed by atoms with Gasteiger partial charge in [0.05, 0.1) is 0 Å². The maximum absolute atomic E-state index is 12.0. The van der Waals surface area contributed by atoms with Crippen molar-refractivity contribution >= 4 is 27.5 Å². The number of anilines is 1. The second kappa shape index (κ2) is 3.34. The highest BCUT2D eigenvalue weighted by Crippen LogP contribution is 2.53. The van der Waals surface area contributed by atoms with Crippen LogP contribution in [0.2, 0.25) is 0 Å². The quantitative estimate of drug-likeness (QED) is 0.752. The number of alkyl halides is 1. The van der Waals surface area contributed by atoms with Gasteiger partial charge in [0.15, 0.2) is 0 Å². The first-order valence-corrected chi connectivity index (χ1v) is 6.37. The zero-order valence-corrected chi connectivity index (χ0v) is 9.85. The molecule has 3 rings (SSSR count). The number of rotatable bonds is 2. The monoisotopic (exact) mass is 265 g/mol. The lowest BCUT2D eigenvalue weighted by Crippen LogP contribution is -2.29. The number of fused-ring (bicyclic) bond motifs is 1. The maximum Gasteiger partial charge on any atom is 0.230 e. The van der Waals surface area contributed by atoms with E-state index in [1.165, 1.54) is 0 Å². The van der Waals surface area contributed by atoms with E-state index in [1.807, 2.05) is 35.2 Å². The Morgan fingerprint density at radius 3 is 2.60 bits per heavy atom. The summed E-state index contributed by atoms with van der Waals surface area (Å²) in [4.78, 5) is 13.9. The fourth-order valence-corrected chi connectivity index (χ4v) is 3.47. The molecule has 1 aromatic rings. The van der Waals surface area contributed by atoms with Crippen molar-refractivity contribution < 1.29 is 4.79 Å². The van der Waals surface area contributed by atoms with Gasteiger partial charge < -0.3 is 4.90 Å². The molecule has 1 amide bonds. The largest absolute Gasteiger partial charge is 0.312 e. The number of nitrogens with zero attached hydrogens (tertiary/aromatic N) is 1. The van der Waals surface area contributed by atoms with Gasteiger partial charge >= 0.3 is 0 Å². The first-order chi connectivity index (χ1) is 7.33. The molecular weight excluding hydrogens is 254 g/mol. The Bertz CT molecular complexity index is 392. The number of halogens is 1. The Labute approximate surface area is 97.4 Å². The zero-order valence-electron chi connectivity index (χ0n) is 8.27. The van der Waals surface area contributed by atoms with Crippen molar-refractivity contribution in [1.82, 2.24) is 0 Å². The molecule has 0 unspecified atom stereocenters. The summed E-state index contributed by atoms with van der Waals surface area (Å²) in [6.07, 6.45) is 0. The zero-order chi connectivity index (χ0) is 10.4. The predicted octanol–water partition coefficient (Wildman–Crippen LogP) is 2.29. The summed E-state index contributed by atoms with van der Waals surface area (Å²) in [6.45, 7) is 0.907. The molecule has 3 heteroatoms. The second-order valence-electron chi connectivity index (χ2n) is 4.29. The smallest absolute Gasteiger partial charge is 0.230 e. The van der Waals surface area contributed by atoms with Crippen LogP contribution < -0.4 is 4.90 Å². The molecule has 15 heavy (non-hydrogen) atoms. The van der Waals surface area contributed by atoms with Gasteiger partial charge in [0.2, 0.25) is 5.91 Å².